The van der Waals surface area contributed by atoms with Crippen molar-refractivity contribution in [2.75, 3.05) is 24.9 Å². The zero-order valence-corrected chi connectivity index (χ0v) is 27.5. The van der Waals surface area contributed by atoms with Crippen LogP contribution < -0.4 is 25.4 Å². The van der Waals surface area contributed by atoms with Crippen LogP contribution in [-0.2, 0) is 9.59 Å². The Bertz CT molecular complexity index is 1910. The van der Waals surface area contributed by atoms with Gasteiger partial charge in [0.25, 0.3) is 11.8 Å². The summed E-state index contributed by atoms with van der Waals surface area (Å²) in [5.41, 5.74) is 4.18. The van der Waals surface area contributed by atoms with Gasteiger partial charge in [0.1, 0.15) is 22.4 Å². The van der Waals surface area contributed by atoms with E-state index >= 15 is 0 Å². The van der Waals surface area contributed by atoms with E-state index < -0.39 is 17.1 Å². The quantitative estimate of drug-likeness (QED) is 0.0931. The molecular weight excluding hydrogens is 623 g/mol. The van der Waals surface area contributed by atoms with Crippen LogP contribution >= 0.6 is 11.8 Å². The molecule has 48 heavy (non-hydrogen) atoms. The summed E-state index contributed by atoms with van der Waals surface area (Å²) in [6.45, 7) is 1.94. The minimum absolute atomic E-state index is 0.103. The average molecular weight is 658 g/mol. The monoisotopic (exact) mass is 657 g/mol. The summed E-state index contributed by atoms with van der Waals surface area (Å²) in [7, 11) is 3.10. The number of carbonyl (C=O) groups is 3. The van der Waals surface area contributed by atoms with Crippen LogP contribution in [0.1, 0.15) is 32.3 Å². The molecule has 0 spiro atoms. The van der Waals surface area contributed by atoms with Gasteiger partial charge >= 0.3 is 0 Å². The SMILES string of the molecule is COc1ccc(NC(=O)C(Sc2ccc(NC(=O)/C(=C/c3ccccc3C)NC(=O)c3ccccc3)cc2)c2ccccc2)c(OC)c1. The van der Waals surface area contributed by atoms with Gasteiger partial charge in [0.2, 0.25) is 5.91 Å². The summed E-state index contributed by atoms with van der Waals surface area (Å²) in [5, 5.41) is 8.08. The molecule has 3 amide bonds. The van der Waals surface area contributed by atoms with E-state index in [1.165, 1.54) is 18.9 Å². The van der Waals surface area contributed by atoms with Gasteiger partial charge in [0.15, 0.2) is 0 Å². The summed E-state index contributed by atoms with van der Waals surface area (Å²) in [4.78, 5) is 41.0. The molecule has 0 heterocycles. The number of carbonyl (C=O) groups excluding carboxylic acids is 3. The second-order valence-electron chi connectivity index (χ2n) is 10.7. The second-order valence-corrected chi connectivity index (χ2v) is 11.9. The minimum Gasteiger partial charge on any atom is -0.497 e. The molecule has 0 saturated carbocycles. The number of hydrogen-bond acceptors (Lipinski definition) is 6. The molecule has 0 saturated heterocycles. The third-order valence-electron chi connectivity index (χ3n) is 7.39. The number of anilines is 2. The van der Waals surface area contributed by atoms with Crippen LogP contribution in [0.3, 0.4) is 0 Å². The maximum atomic E-state index is 13.7. The van der Waals surface area contributed by atoms with E-state index in [-0.39, 0.29) is 11.6 Å². The van der Waals surface area contributed by atoms with Gasteiger partial charge in [-0.05, 0) is 78.2 Å². The molecular formula is C39H35N3O5S. The number of amides is 3. The molecule has 5 aromatic rings. The van der Waals surface area contributed by atoms with E-state index in [4.69, 9.17) is 9.47 Å². The standard InChI is InChI=1S/C39H35N3O5S/c1-26-12-10-11-17-29(26)24-34(42-37(43)28-15-8-5-9-16-28)38(44)40-30-18-21-32(22-19-30)48-36(27-13-6-4-7-14-27)39(45)41-33-23-20-31(46-2)25-35(33)47-3/h4-25,36H,1-3H3,(H,40,44)(H,41,45)(H,42,43)/b34-24-. The number of ether oxygens (including phenoxy) is 2. The molecule has 0 aromatic heterocycles. The number of benzene rings is 5. The number of aryl methyl sites for hydroxylation is 1. The van der Waals surface area contributed by atoms with Crippen LogP contribution in [0.5, 0.6) is 11.5 Å². The van der Waals surface area contributed by atoms with E-state index in [0.29, 0.717) is 28.4 Å². The van der Waals surface area contributed by atoms with Crippen molar-refractivity contribution in [2.45, 2.75) is 17.1 Å². The fraction of sp³-hybridized carbons (Fsp3) is 0.103. The molecule has 1 unspecified atom stereocenters. The maximum Gasteiger partial charge on any atom is 0.272 e. The lowest BCUT2D eigenvalue weighted by molar-refractivity contribution is -0.116. The summed E-state index contributed by atoms with van der Waals surface area (Å²) < 4.78 is 10.8. The Morgan fingerprint density at radius 1 is 0.729 bits per heavy atom. The van der Waals surface area contributed by atoms with Crippen molar-refractivity contribution in [1.82, 2.24) is 5.32 Å². The van der Waals surface area contributed by atoms with Crippen molar-refractivity contribution in [3.05, 3.63) is 155 Å². The Kier molecular flexibility index (Phi) is 11.3. The first-order chi connectivity index (χ1) is 23.3. The zero-order chi connectivity index (χ0) is 33.9. The molecule has 3 N–H and O–H groups in total. The summed E-state index contributed by atoms with van der Waals surface area (Å²) >= 11 is 1.37. The predicted molar refractivity (Wildman–Crippen MR) is 191 cm³/mol. The van der Waals surface area contributed by atoms with Crippen LogP contribution in [-0.4, -0.2) is 31.9 Å². The molecule has 0 bridgehead atoms. The zero-order valence-electron chi connectivity index (χ0n) is 26.7. The predicted octanol–water partition coefficient (Wildman–Crippen LogP) is 7.89. The maximum absolute atomic E-state index is 13.7. The first kappa shape index (κ1) is 33.6. The van der Waals surface area contributed by atoms with Crippen molar-refractivity contribution in [1.29, 1.82) is 0 Å². The highest BCUT2D eigenvalue weighted by molar-refractivity contribution is 8.00. The summed E-state index contributed by atoms with van der Waals surface area (Å²) in [5.74, 6) is -0.00212. The average Bonchev–Trinajstić information content (AvgIpc) is 3.12. The van der Waals surface area contributed by atoms with Crippen molar-refractivity contribution >= 4 is 46.9 Å². The third kappa shape index (κ3) is 8.71. The van der Waals surface area contributed by atoms with E-state index in [1.54, 1.807) is 67.8 Å². The van der Waals surface area contributed by atoms with Gasteiger partial charge in [0, 0.05) is 22.2 Å². The normalized spacial score (nSPS) is 11.6. The smallest absolute Gasteiger partial charge is 0.272 e. The van der Waals surface area contributed by atoms with Crippen LogP contribution in [0.25, 0.3) is 6.08 Å². The first-order valence-corrected chi connectivity index (χ1v) is 16.0. The Hall–Kier alpha value is -5.80. The van der Waals surface area contributed by atoms with Crippen molar-refractivity contribution in [2.24, 2.45) is 0 Å². The van der Waals surface area contributed by atoms with Crippen molar-refractivity contribution < 1.29 is 23.9 Å². The van der Waals surface area contributed by atoms with Crippen LogP contribution in [0.4, 0.5) is 11.4 Å². The molecule has 5 rings (SSSR count). The number of methoxy groups -OCH3 is 2. The molecule has 0 aliphatic carbocycles. The largest absolute Gasteiger partial charge is 0.497 e. The molecule has 0 fully saturated rings. The number of rotatable bonds is 12. The third-order valence-corrected chi connectivity index (χ3v) is 8.66. The van der Waals surface area contributed by atoms with E-state index in [9.17, 15) is 14.4 Å². The lowest BCUT2D eigenvalue weighted by Gasteiger charge is -2.19. The van der Waals surface area contributed by atoms with E-state index in [1.807, 2.05) is 79.7 Å². The van der Waals surface area contributed by atoms with Crippen LogP contribution in [0, 0.1) is 6.92 Å². The van der Waals surface area contributed by atoms with Gasteiger partial charge in [0.05, 0.1) is 19.9 Å². The molecule has 8 nitrogen and oxygen atoms in total. The molecule has 242 valence electrons. The molecule has 9 heteroatoms. The highest BCUT2D eigenvalue weighted by Gasteiger charge is 2.24. The van der Waals surface area contributed by atoms with Gasteiger partial charge in [-0.15, -0.1) is 11.8 Å². The molecule has 0 aliphatic rings. The highest BCUT2D eigenvalue weighted by atomic mass is 32.2. The van der Waals surface area contributed by atoms with Gasteiger partial charge in [-0.1, -0.05) is 72.8 Å². The number of thioether (sulfide) groups is 1. The number of hydrogen-bond donors (Lipinski definition) is 3. The van der Waals surface area contributed by atoms with Gasteiger partial charge in [-0.3, -0.25) is 14.4 Å². The Morgan fingerprint density at radius 3 is 2.06 bits per heavy atom. The molecule has 0 radical (unpaired) electrons. The molecule has 5 aromatic carbocycles. The minimum atomic E-state index is -0.588. The topological polar surface area (TPSA) is 106 Å². The van der Waals surface area contributed by atoms with Crippen LogP contribution in [0.15, 0.2) is 138 Å². The lowest BCUT2D eigenvalue weighted by atomic mass is 10.1. The molecule has 0 aliphatic heterocycles. The van der Waals surface area contributed by atoms with Crippen LogP contribution in [0.2, 0.25) is 0 Å². The fourth-order valence-electron chi connectivity index (χ4n) is 4.80. The van der Waals surface area contributed by atoms with Gasteiger partial charge < -0.3 is 25.4 Å². The van der Waals surface area contributed by atoms with E-state index in [0.717, 1.165) is 21.6 Å². The second kappa shape index (κ2) is 16.2. The first-order valence-electron chi connectivity index (χ1n) is 15.1. The Morgan fingerprint density at radius 2 is 1.40 bits per heavy atom. The molecule has 1 atom stereocenters. The highest BCUT2D eigenvalue weighted by Crippen LogP contribution is 2.38. The Labute approximate surface area is 284 Å². The summed E-state index contributed by atoms with van der Waals surface area (Å²) in [6, 6.07) is 38.2. The van der Waals surface area contributed by atoms with E-state index in [2.05, 4.69) is 16.0 Å². The fourth-order valence-corrected chi connectivity index (χ4v) is 5.82. The van der Waals surface area contributed by atoms with Crippen molar-refractivity contribution in [3.63, 3.8) is 0 Å². The Balaban J connectivity index is 1.34. The van der Waals surface area contributed by atoms with Gasteiger partial charge in [-0.2, -0.15) is 0 Å². The summed E-state index contributed by atoms with van der Waals surface area (Å²) in [6.07, 6.45) is 1.66. The lowest BCUT2D eigenvalue weighted by Crippen LogP contribution is -2.30. The van der Waals surface area contributed by atoms with Crippen molar-refractivity contribution in [3.8, 4) is 11.5 Å². The number of nitrogens with one attached hydrogen (secondary N) is 3. The van der Waals surface area contributed by atoms with Gasteiger partial charge in [-0.25, -0.2) is 0 Å².